The molecule has 0 aliphatic carbocycles. The second-order valence-corrected chi connectivity index (χ2v) is 7.11. The van der Waals surface area contributed by atoms with Gasteiger partial charge in [-0.15, -0.1) is 0 Å². The molecule has 0 spiro atoms. The van der Waals surface area contributed by atoms with Crippen molar-refractivity contribution in [2.24, 2.45) is 5.92 Å². The van der Waals surface area contributed by atoms with Gasteiger partial charge in [0.25, 0.3) is 5.91 Å². The SMILES string of the molecule is CN(CC1CCNCC1)C(=O)c1cc(-c2ccc3ccccc3c2)n[nH]1. The fraction of sp³-hybridized carbons (Fsp3) is 0.333. The van der Waals surface area contributed by atoms with E-state index < -0.39 is 0 Å². The molecule has 1 aliphatic rings. The van der Waals surface area contributed by atoms with Crippen LogP contribution in [0.25, 0.3) is 22.0 Å². The molecule has 5 nitrogen and oxygen atoms in total. The van der Waals surface area contributed by atoms with Gasteiger partial charge >= 0.3 is 0 Å². The molecular weight excluding hydrogens is 324 g/mol. The topological polar surface area (TPSA) is 61.0 Å². The summed E-state index contributed by atoms with van der Waals surface area (Å²) in [5.41, 5.74) is 2.36. The third-order valence-corrected chi connectivity index (χ3v) is 5.19. The van der Waals surface area contributed by atoms with Crippen molar-refractivity contribution in [3.8, 4) is 11.3 Å². The van der Waals surface area contributed by atoms with E-state index in [9.17, 15) is 4.79 Å². The van der Waals surface area contributed by atoms with Gasteiger partial charge < -0.3 is 10.2 Å². The highest BCUT2D eigenvalue weighted by molar-refractivity contribution is 5.94. The number of nitrogens with one attached hydrogen (secondary N) is 2. The molecule has 2 heterocycles. The van der Waals surface area contributed by atoms with Gasteiger partial charge in [-0.1, -0.05) is 36.4 Å². The number of fused-ring (bicyclic) bond motifs is 1. The Morgan fingerprint density at radius 1 is 1.12 bits per heavy atom. The van der Waals surface area contributed by atoms with Gasteiger partial charge in [-0.05, 0) is 54.8 Å². The molecule has 0 unspecified atom stereocenters. The number of amides is 1. The number of hydrogen-bond acceptors (Lipinski definition) is 3. The van der Waals surface area contributed by atoms with Crippen LogP contribution in [0.1, 0.15) is 23.3 Å². The summed E-state index contributed by atoms with van der Waals surface area (Å²) in [6, 6.07) is 16.3. The Kier molecular flexibility index (Phi) is 4.71. The zero-order chi connectivity index (χ0) is 17.9. The quantitative estimate of drug-likeness (QED) is 0.760. The number of nitrogens with zero attached hydrogens (tertiary/aromatic N) is 2. The first-order valence-electron chi connectivity index (χ1n) is 9.21. The molecule has 1 amide bonds. The lowest BCUT2D eigenvalue weighted by molar-refractivity contribution is 0.0757. The molecule has 0 bridgehead atoms. The van der Waals surface area contributed by atoms with E-state index in [1.54, 1.807) is 0 Å². The summed E-state index contributed by atoms with van der Waals surface area (Å²) in [5, 5.41) is 13.0. The maximum atomic E-state index is 12.7. The number of aromatic nitrogens is 2. The number of hydrogen-bond donors (Lipinski definition) is 2. The molecule has 3 aromatic rings. The number of rotatable bonds is 4. The summed E-state index contributed by atoms with van der Waals surface area (Å²) < 4.78 is 0. The summed E-state index contributed by atoms with van der Waals surface area (Å²) in [6.07, 6.45) is 2.26. The highest BCUT2D eigenvalue weighted by atomic mass is 16.2. The fourth-order valence-electron chi connectivity index (χ4n) is 3.67. The van der Waals surface area contributed by atoms with Crippen LogP contribution >= 0.6 is 0 Å². The van der Waals surface area contributed by atoms with Gasteiger partial charge in [0.1, 0.15) is 5.69 Å². The van der Waals surface area contributed by atoms with Crippen LogP contribution in [0.3, 0.4) is 0 Å². The van der Waals surface area contributed by atoms with Crippen molar-refractivity contribution in [1.82, 2.24) is 20.4 Å². The zero-order valence-corrected chi connectivity index (χ0v) is 15.0. The van der Waals surface area contributed by atoms with Crippen molar-refractivity contribution in [1.29, 1.82) is 0 Å². The van der Waals surface area contributed by atoms with Crippen molar-refractivity contribution in [3.63, 3.8) is 0 Å². The van der Waals surface area contributed by atoms with Crippen molar-refractivity contribution >= 4 is 16.7 Å². The van der Waals surface area contributed by atoms with Gasteiger partial charge in [-0.2, -0.15) is 5.10 Å². The molecule has 2 aromatic carbocycles. The molecule has 1 aliphatic heterocycles. The molecule has 134 valence electrons. The normalized spacial score (nSPS) is 15.3. The van der Waals surface area contributed by atoms with E-state index in [0.29, 0.717) is 11.6 Å². The number of aromatic amines is 1. The van der Waals surface area contributed by atoms with Gasteiger partial charge in [0, 0.05) is 19.2 Å². The molecule has 1 aromatic heterocycles. The number of benzene rings is 2. The Labute approximate surface area is 153 Å². The van der Waals surface area contributed by atoms with Crippen molar-refractivity contribution in [2.45, 2.75) is 12.8 Å². The second-order valence-electron chi connectivity index (χ2n) is 7.11. The summed E-state index contributed by atoms with van der Waals surface area (Å²) in [7, 11) is 1.88. The predicted molar refractivity (Wildman–Crippen MR) is 104 cm³/mol. The minimum atomic E-state index is 0.00284. The summed E-state index contributed by atoms with van der Waals surface area (Å²) in [6.45, 7) is 2.89. The average molecular weight is 348 g/mol. The predicted octanol–water partition coefficient (Wildman–Crippen LogP) is 3.30. The van der Waals surface area contributed by atoms with Crippen LogP contribution < -0.4 is 5.32 Å². The standard InChI is InChI=1S/C21H24N4O/c1-25(14-15-8-10-22-11-9-15)21(26)20-13-19(23-24-20)18-7-6-16-4-2-3-5-17(16)12-18/h2-7,12-13,15,22H,8-11,14H2,1H3,(H,23,24). The van der Waals surface area contributed by atoms with E-state index in [1.165, 1.54) is 10.8 Å². The van der Waals surface area contributed by atoms with Crippen LogP contribution in [0.15, 0.2) is 48.5 Å². The highest BCUT2D eigenvalue weighted by Gasteiger charge is 2.20. The summed E-state index contributed by atoms with van der Waals surface area (Å²) >= 11 is 0. The lowest BCUT2D eigenvalue weighted by Gasteiger charge is -2.27. The Morgan fingerprint density at radius 2 is 1.88 bits per heavy atom. The lowest BCUT2D eigenvalue weighted by Crippen LogP contribution is -2.37. The summed E-state index contributed by atoms with van der Waals surface area (Å²) in [5.74, 6) is 0.580. The first-order valence-corrected chi connectivity index (χ1v) is 9.21. The van der Waals surface area contributed by atoms with Crippen LogP contribution in [0.2, 0.25) is 0 Å². The smallest absolute Gasteiger partial charge is 0.271 e. The average Bonchev–Trinajstić information content (AvgIpc) is 3.18. The Bertz CT molecular complexity index is 911. The Balaban J connectivity index is 1.50. The molecular formula is C21H24N4O. The minimum Gasteiger partial charge on any atom is -0.340 e. The van der Waals surface area contributed by atoms with Gasteiger partial charge in [0.15, 0.2) is 0 Å². The number of piperidine rings is 1. The van der Waals surface area contributed by atoms with Crippen molar-refractivity contribution in [2.75, 3.05) is 26.7 Å². The van der Waals surface area contributed by atoms with Crippen molar-refractivity contribution in [3.05, 3.63) is 54.2 Å². The first kappa shape index (κ1) is 16.8. The largest absolute Gasteiger partial charge is 0.340 e. The Morgan fingerprint density at radius 3 is 2.69 bits per heavy atom. The third-order valence-electron chi connectivity index (χ3n) is 5.19. The number of carbonyl (C=O) groups is 1. The number of H-pyrrole nitrogens is 1. The van der Waals surface area contributed by atoms with E-state index in [4.69, 9.17) is 0 Å². The van der Waals surface area contributed by atoms with E-state index in [2.05, 4.69) is 39.8 Å². The molecule has 0 saturated carbocycles. The van der Waals surface area contributed by atoms with E-state index in [-0.39, 0.29) is 5.91 Å². The van der Waals surface area contributed by atoms with Crippen LogP contribution in [0.5, 0.6) is 0 Å². The van der Waals surface area contributed by atoms with E-state index >= 15 is 0 Å². The summed E-state index contributed by atoms with van der Waals surface area (Å²) in [4.78, 5) is 14.5. The number of carbonyl (C=O) groups excluding carboxylic acids is 1. The molecule has 2 N–H and O–H groups in total. The monoisotopic (exact) mass is 348 g/mol. The minimum absolute atomic E-state index is 0.00284. The van der Waals surface area contributed by atoms with Gasteiger partial charge in [0.05, 0.1) is 5.69 Å². The zero-order valence-electron chi connectivity index (χ0n) is 15.0. The second kappa shape index (κ2) is 7.30. The van der Waals surface area contributed by atoms with Gasteiger partial charge in [-0.3, -0.25) is 9.89 Å². The maximum Gasteiger partial charge on any atom is 0.271 e. The van der Waals surface area contributed by atoms with Crippen molar-refractivity contribution < 1.29 is 4.79 Å². The van der Waals surface area contributed by atoms with Crippen LogP contribution in [-0.2, 0) is 0 Å². The fourth-order valence-corrected chi connectivity index (χ4v) is 3.67. The molecule has 0 radical (unpaired) electrons. The molecule has 4 rings (SSSR count). The van der Waals surface area contributed by atoms with Crippen LogP contribution in [-0.4, -0.2) is 47.7 Å². The highest BCUT2D eigenvalue weighted by Crippen LogP contribution is 2.24. The van der Waals surface area contributed by atoms with Crippen LogP contribution in [0, 0.1) is 5.92 Å². The third kappa shape index (κ3) is 3.48. The molecule has 26 heavy (non-hydrogen) atoms. The first-order chi connectivity index (χ1) is 12.7. The molecule has 1 saturated heterocycles. The molecule has 0 atom stereocenters. The van der Waals surface area contributed by atoms with Gasteiger partial charge in [-0.25, -0.2) is 0 Å². The maximum absolute atomic E-state index is 12.7. The lowest BCUT2D eigenvalue weighted by atomic mass is 9.97. The van der Waals surface area contributed by atoms with E-state index in [0.717, 1.165) is 43.7 Å². The molecule has 5 heteroatoms. The van der Waals surface area contributed by atoms with E-state index in [1.807, 2.05) is 36.2 Å². The molecule has 1 fully saturated rings. The Hall–Kier alpha value is -2.66. The van der Waals surface area contributed by atoms with Gasteiger partial charge in [0.2, 0.25) is 0 Å². The van der Waals surface area contributed by atoms with Crippen LogP contribution in [0.4, 0.5) is 0 Å².